The molecule has 0 fully saturated rings. The third kappa shape index (κ3) is 3.16. The Kier molecular flexibility index (Phi) is 4.10. The summed E-state index contributed by atoms with van der Waals surface area (Å²) in [6.45, 7) is 1.87. The molecule has 14 heavy (non-hydrogen) atoms. The lowest BCUT2D eigenvalue weighted by Crippen LogP contribution is -2.33. The molecule has 3 N–H and O–H groups in total. The van der Waals surface area contributed by atoms with Crippen molar-refractivity contribution in [2.75, 3.05) is 6.61 Å². The van der Waals surface area contributed by atoms with E-state index in [2.05, 4.69) is 0 Å². The Morgan fingerprint density at radius 1 is 1.50 bits per heavy atom. The van der Waals surface area contributed by atoms with Crippen LogP contribution in [0, 0.1) is 0 Å². The normalized spacial score (nSPS) is 12.1. The quantitative estimate of drug-likeness (QED) is 0.422. The predicted octanol–water partition coefficient (Wildman–Crippen LogP) is 0.754. The van der Waals surface area contributed by atoms with Crippen LogP contribution in [-0.4, -0.2) is 12.5 Å². The van der Waals surface area contributed by atoms with Crippen LogP contribution in [0.3, 0.4) is 0 Å². The Labute approximate surface area is 83.0 Å². The van der Waals surface area contributed by atoms with Gasteiger partial charge in [-0.25, -0.2) is 5.84 Å². The summed E-state index contributed by atoms with van der Waals surface area (Å²) >= 11 is 0. The van der Waals surface area contributed by atoms with Crippen LogP contribution in [-0.2, 0) is 9.53 Å². The minimum Gasteiger partial charge on any atom is -0.364 e. The summed E-state index contributed by atoms with van der Waals surface area (Å²) in [7, 11) is 0. The van der Waals surface area contributed by atoms with Gasteiger partial charge in [-0.3, -0.25) is 10.2 Å². The van der Waals surface area contributed by atoms with Crippen LogP contribution in [0.1, 0.15) is 18.6 Å². The molecule has 0 aliphatic carbocycles. The van der Waals surface area contributed by atoms with Crippen LogP contribution in [0.2, 0.25) is 0 Å². The smallest absolute Gasteiger partial charge is 0.259 e. The van der Waals surface area contributed by atoms with Gasteiger partial charge in [-0.05, 0) is 12.5 Å². The van der Waals surface area contributed by atoms with E-state index in [4.69, 9.17) is 10.6 Å². The van der Waals surface area contributed by atoms with Gasteiger partial charge in [0.1, 0.15) is 6.61 Å². The van der Waals surface area contributed by atoms with E-state index in [-0.39, 0.29) is 18.6 Å². The lowest BCUT2D eigenvalue weighted by atomic mass is 10.1. The van der Waals surface area contributed by atoms with Gasteiger partial charge in [0.25, 0.3) is 5.91 Å². The van der Waals surface area contributed by atoms with Gasteiger partial charge in [-0.15, -0.1) is 0 Å². The van der Waals surface area contributed by atoms with Gasteiger partial charge in [0.05, 0.1) is 6.10 Å². The SMILES string of the molecule is CC(OCC(=O)NN)c1ccccc1. The fourth-order valence-corrected chi connectivity index (χ4v) is 1.06. The summed E-state index contributed by atoms with van der Waals surface area (Å²) in [6, 6.07) is 9.69. The largest absolute Gasteiger partial charge is 0.364 e. The van der Waals surface area contributed by atoms with Crippen molar-refractivity contribution < 1.29 is 9.53 Å². The lowest BCUT2D eigenvalue weighted by Gasteiger charge is -2.12. The zero-order valence-corrected chi connectivity index (χ0v) is 8.07. The van der Waals surface area contributed by atoms with Crippen LogP contribution in [0.25, 0.3) is 0 Å². The molecule has 0 saturated carbocycles. The van der Waals surface area contributed by atoms with E-state index in [1.807, 2.05) is 42.7 Å². The number of nitrogens with one attached hydrogen (secondary N) is 1. The number of amides is 1. The van der Waals surface area contributed by atoms with E-state index in [1.54, 1.807) is 0 Å². The molecule has 1 atom stereocenters. The molecule has 76 valence electrons. The molecule has 0 aromatic heterocycles. The zero-order chi connectivity index (χ0) is 10.4. The van der Waals surface area contributed by atoms with Crippen LogP contribution in [0.15, 0.2) is 30.3 Å². The van der Waals surface area contributed by atoms with Gasteiger partial charge in [0.15, 0.2) is 0 Å². The maximum absolute atomic E-state index is 10.8. The van der Waals surface area contributed by atoms with Crippen molar-refractivity contribution in [2.45, 2.75) is 13.0 Å². The highest BCUT2D eigenvalue weighted by atomic mass is 16.5. The number of carbonyl (C=O) groups excluding carboxylic acids is 1. The van der Waals surface area contributed by atoms with Crippen molar-refractivity contribution in [3.8, 4) is 0 Å². The summed E-state index contributed by atoms with van der Waals surface area (Å²) in [4.78, 5) is 10.8. The Hall–Kier alpha value is -1.39. The van der Waals surface area contributed by atoms with E-state index in [1.165, 1.54) is 0 Å². The molecule has 1 aromatic carbocycles. The number of ether oxygens (including phenoxy) is 1. The van der Waals surface area contributed by atoms with Crippen LogP contribution in [0.4, 0.5) is 0 Å². The minimum absolute atomic E-state index is 0.0213. The highest BCUT2D eigenvalue weighted by Gasteiger charge is 2.06. The highest BCUT2D eigenvalue weighted by molar-refractivity contribution is 5.76. The van der Waals surface area contributed by atoms with Gasteiger partial charge in [-0.2, -0.15) is 0 Å². The fraction of sp³-hybridized carbons (Fsp3) is 0.300. The van der Waals surface area contributed by atoms with Crippen molar-refractivity contribution in [3.05, 3.63) is 35.9 Å². The average Bonchev–Trinajstić information content (AvgIpc) is 2.26. The van der Waals surface area contributed by atoms with E-state index in [9.17, 15) is 4.79 Å². The highest BCUT2D eigenvalue weighted by Crippen LogP contribution is 2.15. The molecule has 0 bridgehead atoms. The van der Waals surface area contributed by atoms with Gasteiger partial charge in [0.2, 0.25) is 0 Å². The number of hydrogen-bond donors (Lipinski definition) is 2. The minimum atomic E-state index is -0.326. The molecule has 4 nitrogen and oxygen atoms in total. The van der Waals surface area contributed by atoms with Gasteiger partial charge in [-0.1, -0.05) is 30.3 Å². The first kappa shape index (κ1) is 10.7. The van der Waals surface area contributed by atoms with Crippen molar-refractivity contribution >= 4 is 5.91 Å². The first-order valence-electron chi connectivity index (χ1n) is 4.40. The summed E-state index contributed by atoms with van der Waals surface area (Å²) in [5, 5.41) is 0. The van der Waals surface area contributed by atoms with Crippen molar-refractivity contribution in [1.82, 2.24) is 5.43 Å². The molecule has 0 saturated heterocycles. The van der Waals surface area contributed by atoms with E-state index in [0.717, 1.165) is 5.56 Å². The second kappa shape index (κ2) is 5.36. The van der Waals surface area contributed by atoms with Crippen molar-refractivity contribution in [2.24, 2.45) is 5.84 Å². The molecule has 1 aromatic rings. The second-order valence-electron chi connectivity index (χ2n) is 2.93. The maximum atomic E-state index is 10.8. The summed E-state index contributed by atoms with van der Waals surface area (Å²) in [6.07, 6.45) is -0.103. The summed E-state index contributed by atoms with van der Waals surface area (Å²) in [5.74, 6) is 4.59. The lowest BCUT2D eigenvalue weighted by molar-refractivity contribution is -0.127. The van der Waals surface area contributed by atoms with Crippen LogP contribution in [0.5, 0.6) is 0 Å². The van der Waals surface area contributed by atoms with Gasteiger partial charge < -0.3 is 4.74 Å². The molecule has 1 unspecified atom stereocenters. The number of carbonyl (C=O) groups is 1. The second-order valence-corrected chi connectivity index (χ2v) is 2.93. The molecule has 0 aliphatic rings. The van der Waals surface area contributed by atoms with E-state index < -0.39 is 0 Å². The third-order valence-corrected chi connectivity index (χ3v) is 1.89. The number of hydrogen-bond acceptors (Lipinski definition) is 3. The van der Waals surface area contributed by atoms with Gasteiger partial charge in [0, 0.05) is 0 Å². The monoisotopic (exact) mass is 194 g/mol. The molecule has 0 radical (unpaired) electrons. The predicted molar refractivity (Wildman–Crippen MR) is 53.1 cm³/mol. The number of nitrogens with two attached hydrogens (primary N) is 1. The first-order valence-corrected chi connectivity index (χ1v) is 4.40. The Morgan fingerprint density at radius 3 is 2.71 bits per heavy atom. The topological polar surface area (TPSA) is 64.3 Å². The Morgan fingerprint density at radius 2 is 2.14 bits per heavy atom. The molecule has 0 heterocycles. The van der Waals surface area contributed by atoms with Crippen LogP contribution < -0.4 is 11.3 Å². The standard InChI is InChI=1S/C10H14N2O2/c1-8(14-7-10(13)12-11)9-5-3-2-4-6-9/h2-6,8H,7,11H2,1H3,(H,12,13). The summed E-state index contributed by atoms with van der Waals surface area (Å²) < 4.78 is 5.29. The van der Waals surface area contributed by atoms with Crippen molar-refractivity contribution in [1.29, 1.82) is 0 Å². The molecule has 0 spiro atoms. The zero-order valence-electron chi connectivity index (χ0n) is 8.07. The molecular weight excluding hydrogens is 180 g/mol. The summed E-state index contributed by atoms with van der Waals surface area (Å²) in [5.41, 5.74) is 3.05. The molecule has 1 rings (SSSR count). The van der Waals surface area contributed by atoms with Crippen molar-refractivity contribution in [3.63, 3.8) is 0 Å². The maximum Gasteiger partial charge on any atom is 0.259 e. The molecule has 1 amide bonds. The first-order chi connectivity index (χ1) is 6.74. The average molecular weight is 194 g/mol. The molecule has 4 heteroatoms. The Bertz CT molecular complexity index is 287. The van der Waals surface area contributed by atoms with Gasteiger partial charge >= 0.3 is 0 Å². The number of rotatable bonds is 4. The third-order valence-electron chi connectivity index (χ3n) is 1.89. The number of hydrazine groups is 1. The number of benzene rings is 1. The van der Waals surface area contributed by atoms with E-state index in [0.29, 0.717) is 0 Å². The molecular formula is C10H14N2O2. The fourth-order valence-electron chi connectivity index (χ4n) is 1.06. The Balaban J connectivity index is 2.43. The van der Waals surface area contributed by atoms with E-state index >= 15 is 0 Å². The van der Waals surface area contributed by atoms with Crippen LogP contribution >= 0.6 is 0 Å². The molecule has 0 aliphatic heterocycles.